The number of carbonyl (C=O) groups excluding carboxylic acids is 4. The van der Waals surface area contributed by atoms with Crippen molar-refractivity contribution in [2.24, 2.45) is 0 Å². The Morgan fingerprint density at radius 1 is 0.794 bits per heavy atom. The second-order valence-corrected chi connectivity index (χ2v) is 7.77. The number of nitrogens with zero attached hydrogens (tertiary/aromatic N) is 1. The average molecular weight is 456 g/mol. The molecular formula is C27H24N2O5. The van der Waals surface area contributed by atoms with Gasteiger partial charge in [-0.15, -0.1) is 0 Å². The Labute approximate surface area is 197 Å². The van der Waals surface area contributed by atoms with E-state index in [0.717, 1.165) is 0 Å². The molecule has 0 saturated carbocycles. The van der Waals surface area contributed by atoms with Gasteiger partial charge >= 0.3 is 0 Å². The van der Waals surface area contributed by atoms with Crippen molar-refractivity contribution in [1.29, 1.82) is 0 Å². The minimum absolute atomic E-state index is 0.0658. The van der Waals surface area contributed by atoms with E-state index in [0.29, 0.717) is 35.5 Å². The molecule has 0 atom stereocenters. The van der Waals surface area contributed by atoms with Crippen molar-refractivity contribution in [1.82, 2.24) is 4.90 Å². The first-order valence-corrected chi connectivity index (χ1v) is 11.1. The summed E-state index contributed by atoms with van der Waals surface area (Å²) in [5, 5.41) is 2.68. The molecule has 1 aliphatic carbocycles. The van der Waals surface area contributed by atoms with Crippen molar-refractivity contribution in [3.05, 3.63) is 94.5 Å². The van der Waals surface area contributed by atoms with E-state index in [9.17, 15) is 19.2 Å². The van der Waals surface area contributed by atoms with Crippen molar-refractivity contribution in [2.45, 2.75) is 13.8 Å². The van der Waals surface area contributed by atoms with Gasteiger partial charge in [0.25, 0.3) is 11.8 Å². The molecule has 4 rings (SSSR count). The standard InChI is InChI=1S/C27H24N2O5/c1-3-29(4-2)27(33)17-12-14-18(15-13-17)34-16-23(30)28-22-11-7-10-21-24(22)26(32)20-9-6-5-8-19(20)25(21)31/h5-15H,3-4,16H2,1-2H3,(H,28,30). The largest absolute Gasteiger partial charge is 0.484 e. The Bertz CT molecular complexity index is 1280. The molecule has 0 aromatic heterocycles. The third-order valence-electron chi connectivity index (χ3n) is 5.75. The number of fused-ring (bicyclic) bond motifs is 2. The first-order chi connectivity index (χ1) is 16.4. The van der Waals surface area contributed by atoms with Crippen LogP contribution in [0.2, 0.25) is 0 Å². The maximum atomic E-state index is 13.0. The molecule has 0 spiro atoms. The molecule has 0 unspecified atom stereocenters. The third kappa shape index (κ3) is 4.32. The van der Waals surface area contributed by atoms with E-state index in [1.54, 1.807) is 71.6 Å². The lowest BCUT2D eigenvalue weighted by Crippen LogP contribution is -2.30. The van der Waals surface area contributed by atoms with Gasteiger partial charge in [-0.1, -0.05) is 36.4 Å². The van der Waals surface area contributed by atoms with Crippen LogP contribution in [-0.4, -0.2) is 48.0 Å². The Balaban J connectivity index is 1.44. The number of hydrogen-bond donors (Lipinski definition) is 1. The summed E-state index contributed by atoms with van der Waals surface area (Å²) in [5.41, 5.74) is 1.92. The number of anilines is 1. The Morgan fingerprint density at radius 2 is 1.41 bits per heavy atom. The first kappa shape index (κ1) is 22.9. The first-order valence-electron chi connectivity index (χ1n) is 11.1. The zero-order valence-electron chi connectivity index (χ0n) is 19.0. The summed E-state index contributed by atoms with van der Waals surface area (Å²) in [7, 11) is 0. The highest BCUT2D eigenvalue weighted by Gasteiger charge is 2.31. The lowest BCUT2D eigenvalue weighted by molar-refractivity contribution is -0.118. The van der Waals surface area contributed by atoms with Gasteiger partial charge in [0.05, 0.1) is 11.3 Å². The van der Waals surface area contributed by atoms with Crippen LogP contribution in [-0.2, 0) is 4.79 Å². The second-order valence-electron chi connectivity index (χ2n) is 7.77. The molecule has 2 amide bonds. The fraction of sp³-hybridized carbons (Fsp3) is 0.185. The van der Waals surface area contributed by atoms with E-state index in [1.807, 2.05) is 13.8 Å². The van der Waals surface area contributed by atoms with Gasteiger partial charge in [-0.2, -0.15) is 0 Å². The van der Waals surface area contributed by atoms with Gasteiger partial charge < -0.3 is 15.0 Å². The highest BCUT2D eigenvalue weighted by molar-refractivity contribution is 6.30. The van der Waals surface area contributed by atoms with Crippen molar-refractivity contribution in [3.8, 4) is 5.75 Å². The number of carbonyl (C=O) groups is 4. The molecule has 172 valence electrons. The predicted molar refractivity (Wildman–Crippen MR) is 128 cm³/mol. The van der Waals surface area contributed by atoms with E-state index in [2.05, 4.69) is 5.32 Å². The molecule has 7 heteroatoms. The maximum Gasteiger partial charge on any atom is 0.262 e. The fourth-order valence-electron chi connectivity index (χ4n) is 3.97. The molecule has 3 aromatic rings. The van der Waals surface area contributed by atoms with E-state index in [-0.39, 0.29) is 40.9 Å². The van der Waals surface area contributed by atoms with Gasteiger partial charge in [0.2, 0.25) is 0 Å². The summed E-state index contributed by atoms with van der Waals surface area (Å²) in [6.45, 7) is 4.78. The van der Waals surface area contributed by atoms with Gasteiger partial charge in [0.15, 0.2) is 18.2 Å². The van der Waals surface area contributed by atoms with Gasteiger partial charge in [0, 0.05) is 35.3 Å². The molecule has 0 saturated heterocycles. The van der Waals surface area contributed by atoms with Crippen molar-refractivity contribution in [2.75, 3.05) is 25.0 Å². The second kappa shape index (κ2) is 9.70. The van der Waals surface area contributed by atoms with Crippen LogP contribution in [0.5, 0.6) is 5.75 Å². The summed E-state index contributed by atoms with van der Waals surface area (Å²) in [4.78, 5) is 52.6. The van der Waals surface area contributed by atoms with E-state index < -0.39 is 5.91 Å². The number of nitrogens with one attached hydrogen (secondary N) is 1. The number of hydrogen-bond acceptors (Lipinski definition) is 5. The minimum Gasteiger partial charge on any atom is -0.484 e. The average Bonchev–Trinajstić information content (AvgIpc) is 2.87. The Kier molecular flexibility index (Phi) is 6.54. The van der Waals surface area contributed by atoms with E-state index in [4.69, 9.17) is 4.74 Å². The smallest absolute Gasteiger partial charge is 0.262 e. The number of ether oxygens (including phenoxy) is 1. The normalized spacial score (nSPS) is 11.9. The summed E-state index contributed by atoms with van der Waals surface area (Å²) in [6.07, 6.45) is 0. The molecular weight excluding hydrogens is 432 g/mol. The molecule has 7 nitrogen and oxygen atoms in total. The molecule has 0 heterocycles. The predicted octanol–water partition coefficient (Wildman–Crippen LogP) is 3.96. The van der Waals surface area contributed by atoms with E-state index in [1.165, 1.54) is 0 Å². The van der Waals surface area contributed by atoms with Crippen molar-refractivity contribution in [3.63, 3.8) is 0 Å². The zero-order valence-corrected chi connectivity index (χ0v) is 19.0. The van der Waals surface area contributed by atoms with Gasteiger partial charge in [-0.25, -0.2) is 0 Å². The van der Waals surface area contributed by atoms with Gasteiger partial charge in [0.1, 0.15) is 5.75 Å². The highest BCUT2D eigenvalue weighted by Crippen LogP contribution is 2.31. The van der Waals surface area contributed by atoms with Crippen LogP contribution < -0.4 is 10.1 Å². The molecule has 1 aliphatic rings. The summed E-state index contributed by atoms with van der Waals surface area (Å²) in [5.74, 6) is -0.673. The molecule has 3 aromatic carbocycles. The van der Waals surface area contributed by atoms with Crippen LogP contribution in [0.4, 0.5) is 5.69 Å². The number of benzene rings is 3. The van der Waals surface area contributed by atoms with Crippen LogP contribution in [0, 0.1) is 0 Å². The quantitative estimate of drug-likeness (QED) is 0.454. The minimum atomic E-state index is -0.476. The summed E-state index contributed by atoms with van der Waals surface area (Å²) < 4.78 is 5.55. The lowest BCUT2D eigenvalue weighted by atomic mass is 9.83. The maximum absolute atomic E-state index is 13.0. The Hall–Kier alpha value is -4.26. The molecule has 0 bridgehead atoms. The topological polar surface area (TPSA) is 92.8 Å². The third-order valence-corrected chi connectivity index (χ3v) is 5.75. The molecule has 1 N–H and O–H groups in total. The molecule has 34 heavy (non-hydrogen) atoms. The van der Waals surface area contributed by atoms with E-state index >= 15 is 0 Å². The van der Waals surface area contributed by atoms with Gasteiger partial charge in [-0.3, -0.25) is 19.2 Å². The van der Waals surface area contributed by atoms with Crippen LogP contribution in [0.1, 0.15) is 56.0 Å². The summed E-state index contributed by atoms with van der Waals surface area (Å²) in [6, 6.07) is 18.0. The lowest BCUT2D eigenvalue weighted by Gasteiger charge is -2.20. The van der Waals surface area contributed by atoms with Crippen LogP contribution in [0.15, 0.2) is 66.7 Å². The molecule has 0 aliphatic heterocycles. The van der Waals surface area contributed by atoms with Crippen LogP contribution >= 0.6 is 0 Å². The summed E-state index contributed by atoms with van der Waals surface area (Å²) >= 11 is 0. The number of ketones is 2. The fourth-order valence-corrected chi connectivity index (χ4v) is 3.97. The zero-order chi connectivity index (χ0) is 24.2. The molecule has 0 radical (unpaired) electrons. The number of rotatable bonds is 7. The number of amides is 2. The van der Waals surface area contributed by atoms with Crippen molar-refractivity contribution < 1.29 is 23.9 Å². The highest BCUT2D eigenvalue weighted by atomic mass is 16.5. The van der Waals surface area contributed by atoms with Gasteiger partial charge in [-0.05, 0) is 44.2 Å². The van der Waals surface area contributed by atoms with Crippen LogP contribution in [0.25, 0.3) is 0 Å². The van der Waals surface area contributed by atoms with Crippen molar-refractivity contribution >= 4 is 29.1 Å². The monoisotopic (exact) mass is 456 g/mol. The van der Waals surface area contributed by atoms with Crippen LogP contribution in [0.3, 0.4) is 0 Å². The Morgan fingerprint density at radius 3 is 2.06 bits per heavy atom. The SMILES string of the molecule is CCN(CC)C(=O)c1ccc(OCC(=O)Nc2cccc3c2C(=O)c2ccccc2C3=O)cc1. The molecule has 0 fully saturated rings.